The van der Waals surface area contributed by atoms with Crippen LogP contribution in [0.4, 0.5) is 0 Å². The second-order valence-electron chi connectivity index (χ2n) is 7.39. The maximum atomic E-state index is 11.7. The minimum absolute atomic E-state index is 0.390. The molecule has 0 amide bonds. The highest BCUT2D eigenvalue weighted by Crippen LogP contribution is 2.39. The van der Waals surface area contributed by atoms with Gasteiger partial charge < -0.3 is 9.47 Å². The highest BCUT2D eigenvalue weighted by Gasteiger charge is 2.23. The van der Waals surface area contributed by atoms with E-state index >= 15 is 0 Å². The number of aldehydes is 1. The van der Waals surface area contributed by atoms with Gasteiger partial charge in [-0.25, -0.2) is 0 Å². The Morgan fingerprint density at radius 3 is 2.05 bits per heavy atom. The maximum Gasteiger partial charge on any atom is 0.157 e. The summed E-state index contributed by atoms with van der Waals surface area (Å²) in [6, 6.07) is 9.76. The highest BCUT2D eigenvalue weighted by molar-refractivity contribution is 5.99. The number of rotatable bonds is 3. The third-order valence-electron chi connectivity index (χ3n) is 2.94. The van der Waals surface area contributed by atoms with Gasteiger partial charge in [-0.1, -0.05) is 24.3 Å². The molecule has 0 unspecified atom stereocenters. The van der Waals surface area contributed by atoms with Crippen molar-refractivity contribution < 1.29 is 14.3 Å². The molecular weight excluding hydrogens is 276 g/mol. The summed E-state index contributed by atoms with van der Waals surface area (Å²) in [7, 11) is 0. The molecule has 0 bridgehead atoms. The predicted octanol–water partition coefficient (Wildman–Crippen LogP) is 5.01. The maximum absolute atomic E-state index is 11.7. The van der Waals surface area contributed by atoms with Gasteiger partial charge in [-0.15, -0.1) is 0 Å². The van der Waals surface area contributed by atoms with E-state index in [-0.39, 0.29) is 5.60 Å². The van der Waals surface area contributed by atoms with Crippen molar-refractivity contribution in [3.8, 4) is 11.5 Å². The Hall–Kier alpha value is -2.03. The third kappa shape index (κ3) is 3.79. The molecule has 0 saturated carbocycles. The summed E-state index contributed by atoms with van der Waals surface area (Å²) in [5.74, 6) is 1.14. The van der Waals surface area contributed by atoms with E-state index in [0.29, 0.717) is 17.1 Å². The summed E-state index contributed by atoms with van der Waals surface area (Å²) in [6.45, 7) is 11.8. The van der Waals surface area contributed by atoms with E-state index in [1.54, 1.807) is 0 Å². The second kappa shape index (κ2) is 5.64. The van der Waals surface area contributed by atoms with E-state index in [2.05, 4.69) is 0 Å². The van der Waals surface area contributed by atoms with E-state index in [0.717, 1.165) is 17.1 Å². The van der Waals surface area contributed by atoms with Crippen LogP contribution < -0.4 is 9.47 Å². The number of carbonyl (C=O) groups excluding carboxylic acids is 1. The van der Waals surface area contributed by atoms with Crippen molar-refractivity contribution in [2.24, 2.45) is 0 Å². The number of benzene rings is 2. The lowest BCUT2D eigenvalue weighted by Gasteiger charge is -2.27. The quantitative estimate of drug-likeness (QED) is 0.748. The first-order valence-corrected chi connectivity index (χ1v) is 7.50. The van der Waals surface area contributed by atoms with E-state index in [1.165, 1.54) is 0 Å². The fourth-order valence-corrected chi connectivity index (χ4v) is 2.25. The molecular formula is C19H24O3. The van der Waals surface area contributed by atoms with Crippen molar-refractivity contribution in [1.82, 2.24) is 0 Å². The lowest BCUT2D eigenvalue weighted by atomic mass is 10.0. The van der Waals surface area contributed by atoms with Gasteiger partial charge in [-0.3, -0.25) is 4.79 Å². The summed E-state index contributed by atoms with van der Waals surface area (Å²) < 4.78 is 12.1. The Kier molecular flexibility index (Phi) is 4.19. The van der Waals surface area contributed by atoms with Crippen LogP contribution in [0, 0.1) is 0 Å². The SMILES string of the molecule is CC(C)(C)Oc1cc2ccccc2c(OC(C)(C)C)c1C=O. The van der Waals surface area contributed by atoms with Crippen molar-refractivity contribution in [3.63, 3.8) is 0 Å². The second-order valence-corrected chi connectivity index (χ2v) is 7.39. The molecule has 0 heterocycles. The van der Waals surface area contributed by atoms with Crippen LogP contribution in [0.2, 0.25) is 0 Å². The van der Waals surface area contributed by atoms with Crippen LogP contribution in [-0.2, 0) is 0 Å². The van der Waals surface area contributed by atoms with Crippen molar-refractivity contribution in [2.75, 3.05) is 0 Å². The average Bonchev–Trinajstić information content (AvgIpc) is 2.35. The summed E-state index contributed by atoms with van der Waals surface area (Å²) in [4.78, 5) is 11.7. The summed E-state index contributed by atoms with van der Waals surface area (Å²) in [5.41, 5.74) is -0.330. The zero-order valence-corrected chi connectivity index (χ0v) is 14.2. The molecule has 0 aliphatic rings. The van der Waals surface area contributed by atoms with Crippen molar-refractivity contribution >= 4 is 17.1 Å². The monoisotopic (exact) mass is 300 g/mol. The van der Waals surface area contributed by atoms with E-state index in [9.17, 15) is 4.79 Å². The summed E-state index contributed by atoms with van der Waals surface area (Å²) in [6.07, 6.45) is 0.814. The molecule has 2 rings (SSSR count). The zero-order chi connectivity index (χ0) is 16.5. The van der Waals surface area contributed by atoms with Crippen LogP contribution in [0.1, 0.15) is 51.9 Å². The van der Waals surface area contributed by atoms with Crippen LogP contribution in [-0.4, -0.2) is 17.5 Å². The minimum atomic E-state index is -0.402. The van der Waals surface area contributed by atoms with Gasteiger partial charge in [-0.05, 0) is 53.0 Å². The molecule has 118 valence electrons. The molecule has 0 aliphatic carbocycles. The topological polar surface area (TPSA) is 35.5 Å². The van der Waals surface area contributed by atoms with E-state index in [1.807, 2.05) is 71.9 Å². The molecule has 0 saturated heterocycles. The van der Waals surface area contributed by atoms with Crippen LogP contribution in [0.15, 0.2) is 30.3 Å². The summed E-state index contributed by atoms with van der Waals surface area (Å²) >= 11 is 0. The average molecular weight is 300 g/mol. The smallest absolute Gasteiger partial charge is 0.157 e. The van der Waals surface area contributed by atoms with Gasteiger partial charge in [0.2, 0.25) is 0 Å². The van der Waals surface area contributed by atoms with E-state index in [4.69, 9.17) is 9.47 Å². The first kappa shape index (κ1) is 16.3. The van der Waals surface area contributed by atoms with Gasteiger partial charge >= 0.3 is 0 Å². The van der Waals surface area contributed by atoms with E-state index < -0.39 is 5.60 Å². The minimum Gasteiger partial charge on any atom is -0.487 e. The molecule has 3 nitrogen and oxygen atoms in total. The normalized spacial score (nSPS) is 12.3. The molecule has 0 spiro atoms. The number of carbonyl (C=O) groups is 1. The highest BCUT2D eigenvalue weighted by atomic mass is 16.5. The van der Waals surface area contributed by atoms with Gasteiger partial charge in [-0.2, -0.15) is 0 Å². The van der Waals surface area contributed by atoms with Crippen molar-refractivity contribution in [2.45, 2.75) is 52.7 Å². The molecule has 3 heteroatoms. The van der Waals surface area contributed by atoms with Gasteiger partial charge in [0.15, 0.2) is 6.29 Å². The Morgan fingerprint density at radius 1 is 0.909 bits per heavy atom. The molecule has 22 heavy (non-hydrogen) atoms. The van der Waals surface area contributed by atoms with Crippen LogP contribution in [0.5, 0.6) is 11.5 Å². The zero-order valence-electron chi connectivity index (χ0n) is 14.2. The lowest BCUT2D eigenvalue weighted by molar-refractivity contribution is 0.105. The molecule has 0 atom stereocenters. The molecule has 0 N–H and O–H groups in total. The number of hydrogen-bond donors (Lipinski definition) is 0. The lowest BCUT2D eigenvalue weighted by Crippen LogP contribution is -2.26. The fourth-order valence-electron chi connectivity index (χ4n) is 2.25. The molecule has 2 aromatic rings. The Labute approximate surface area is 132 Å². The van der Waals surface area contributed by atoms with Crippen LogP contribution in [0.3, 0.4) is 0 Å². The molecule has 0 aliphatic heterocycles. The number of fused-ring (bicyclic) bond motifs is 1. The molecule has 2 aromatic carbocycles. The van der Waals surface area contributed by atoms with Gasteiger partial charge in [0.25, 0.3) is 0 Å². The van der Waals surface area contributed by atoms with Gasteiger partial charge in [0.1, 0.15) is 22.7 Å². The van der Waals surface area contributed by atoms with Gasteiger partial charge in [0.05, 0.1) is 5.56 Å². The Morgan fingerprint density at radius 2 is 1.50 bits per heavy atom. The Bertz CT molecular complexity index is 688. The standard InChI is InChI=1S/C19H24O3/c1-18(2,3)21-16-11-13-9-7-8-10-14(13)17(15(16)12-20)22-19(4,5)6/h7-12H,1-6H3. The Balaban J connectivity index is 2.73. The predicted molar refractivity (Wildman–Crippen MR) is 90.1 cm³/mol. The molecule has 0 aromatic heterocycles. The first-order valence-electron chi connectivity index (χ1n) is 7.50. The number of ether oxygens (including phenoxy) is 2. The van der Waals surface area contributed by atoms with Gasteiger partial charge in [0, 0.05) is 5.39 Å². The summed E-state index contributed by atoms with van der Waals surface area (Å²) in [5, 5.41) is 1.91. The van der Waals surface area contributed by atoms with Crippen LogP contribution in [0.25, 0.3) is 10.8 Å². The van der Waals surface area contributed by atoms with Crippen molar-refractivity contribution in [3.05, 3.63) is 35.9 Å². The first-order chi connectivity index (χ1) is 10.1. The third-order valence-corrected chi connectivity index (χ3v) is 2.94. The number of hydrogen-bond acceptors (Lipinski definition) is 3. The molecule has 0 fully saturated rings. The fraction of sp³-hybridized carbons (Fsp3) is 0.421. The largest absolute Gasteiger partial charge is 0.487 e. The molecule has 0 radical (unpaired) electrons. The van der Waals surface area contributed by atoms with Crippen LogP contribution >= 0.6 is 0 Å². The van der Waals surface area contributed by atoms with Crippen molar-refractivity contribution in [1.29, 1.82) is 0 Å².